The van der Waals surface area contributed by atoms with Crippen LogP contribution in [0.15, 0.2) is 66.5 Å². The fraction of sp³-hybridized carbons (Fsp3) is 0.300. The second-order valence-corrected chi connectivity index (χ2v) is 11.5. The zero-order valence-electron chi connectivity index (χ0n) is 22.8. The van der Waals surface area contributed by atoms with E-state index in [-0.39, 0.29) is 19.1 Å². The molecule has 2 aromatic carbocycles. The smallest absolute Gasteiger partial charge is 0.449 e. The van der Waals surface area contributed by atoms with Crippen LogP contribution in [0.1, 0.15) is 50.3 Å². The van der Waals surface area contributed by atoms with E-state index in [1.54, 1.807) is 6.20 Å². The molecule has 0 unspecified atom stereocenters. The van der Waals surface area contributed by atoms with Crippen LogP contribution in [0.5, 0.6) is 0 Å². The lowest BCUT2D eigenvalue weighted by Gasteiger charge is -2.32. The molecule has 1 aliphatic heterocycles. The number of nitrogens with one attached hydrogen (secondary N) is 2. The molecule has 0 radical (unpaired) electrons. The number of nitrogens with zero attached hydrogens (tertiary/aromatic N) is 2. The zero-order valence-corrected chi connectivity index (χ0v) is 23.6. The van der Waals surface area contributed by atoms with Crippen LogP contribution in [0.4, 0.5) is 4.79 Å². The highest BCUT2D eigenvalue weighted by Gasteiger charge is 2.52. The lowest BCUT2D eigenvalue weighted by atomic mass is 9.77. The van der Waals surface area contributed by atoms with Gasteiger partial charge in [0.2, 0.25) is 0 Å². The maximum absolute atomic E-state index is 13.0. The van der Waals surface area contributed by atoms with Gasteiger partial charge in [-0.05, 0) is 55.4 Å². The Labute approximate surface area is 238 Å². The predicted molar refractivity (Wildman–Crippen MR) is 156 cm³/mol. The molecule has 1 amide bonds. The second kappa shape index (κ2) is 10.1. The number of halogens is 1. The topological polar surface area (TPSA) is 98.4 Å². The lowest BCUT2D eigenvalue weighted by Crippen LogP contribution is -2.41. The van der Waals surface area contributed by atoms with Crippen LogP contribution in [0.3, 0.4) is 0 Å². The first kappa shape index (κ1) is 26.6. The average molecular weight is 557 g/mol. The van der Waals surface area contributed by atoms with Gasteiger partial charge >= 0.3 is 13.2 Å². The van der Waals surface area contributed by atoms with Crippen molar-refractivity contribution >= 4 is 41.9 Å². The standard InChI is InChI=1S/C30H30BClN4O4/c1-29(2)30(3,4)40-31(39-29)19(13-18-14-33-26-25(18)35-17-36-27(26)32)15-34-28(37)38-16-24-22-11-7-5-9-20(22)21-10-6-8-12-23(21)24/h5-14,17,24,33H,15-16H2,1-4H3,(H,34,37). The van der Waals surface area contributed by atoms with E-state index in [9.17, 15) is 4.79 Å². The molecule has 10 heteroatoms. The van der Waals surface area contributed by atoms with Gasteiger partial charge in [0.25, 0.3) is 0 Å². The maximum atomic E-state index is 13.0. The molecule has 0 atom stereocenters. The van der Waals surface area contributed by atoms with E-state index in [0.29, 0.717) is 21.7 Å². The largest absolute Gasteiger partial charge is 0.492 e. The van der Waals surface area contributed by atoms with Gasteiger partial charge in [0.15, 0.2) is 5.15 Å². The molecule has 204 valence electrons. The molecule has 1 saturated heterocycles. The number of fused-ring (bicyclic) bond motifs is 4. The summed E-state index contributed by atoms with van der Waals surface area (Å²) in [4.78, 5) is 24.5. The molecule has 4 aromatic rings. The van der Waals surface area contributed by atoms with Gasteiger partial charge in [-0.2, -0.15) is 0 Å². The quantitative estimate of drug-likeness (QED) is 0.218. The summed E-state index contributed by atoms with van der Waals surface area (Å²) in [6.07, 6.45) is 4.59. The van der Waals surface area contributed by atoms with Gasteiger partial charge in [0, 0.05) is 24.2 Å². The summed E-state index contributed by atoms with van der Waals surface area (Å²) in [5.41, 5.74) is 6.37. The highest BCUT2D eigenvalue weighted by molar-refractivity contribution is 6.56. The van der Waals surface area contributed by atoms with Crippen molar-refractivity contribution in [3.63, 3.8) is 0 Å². The Morgan fingerprint density at radius 1 is 1.05 bits per heavy atom. The van der Waals surface area contributed by atoms with E-state index in [2.05, 4.69) is 44.5 Å². The van der Waals surface area contributed by atoms with Gasteiger partial charge in [-0.3, -0.25) is 0 Å². The van der Waals surface area contributed by atoms with Crippen molar-refractivity contribution in [3.8, 4) is 11.1 Å². The normalized spacial score (nSPS) is 17.6. The molecule has 1 fully saturated rings. The minimum Gasteiger partial charge on any atom is -0.449 e. The monoisotopic (exact) mass is 556 g/mol. The molecular weight excluding hydrogens is 527 g/mol. The number of amides is 1. The number of aromatic amines is 1. The SMILES string of the molecule is CC1(C)OB(C(=Cc2c[nH]c3c(Cl)ncnc23)CNC(=O)OCC2c3ccccc3-c3ccccc32)OC1(C)C. The Morgan fingerprint density at radius 3 is 2.33 bits per heavy atom. The predicted octanol–water partition coefficient (Wildman–Crippen LogP) is 6.16. The number of H-pyrrole nitrogens is 1. The van der Waals surface area contributed by atoms with Gasteiger partial charge in [-0.1, -0.05) is 66.2 Å². The molecular formula is C30H30BClN4O4. The van der Waals surface area contributed by atoms with E-state index >= 15 is 0 Å². The van der Waals surface area contributed by atoms with E-state index in [4.69, 9.17) is 25.6 Å². The zero-order chi connectivity index (χ0) is 28.1. The third-order valence-electron chi connectivity index (χ3n) is 8.12. The van der Waals surface area contributed by atoms with Crippen molar-refractivity contribution in [2.24, 2.45) is 0 Å². The highest BCUT2D eigenvalue weighted by Crippen LogP contribution is 2.44. The third-order valence-corrected chi connectivity index (χ3v) is 8.41. The molecule has 3 heterocycles. The van der Waals surface area contributed by atoms with Crippen LogP contribution in [0.25, 0.3) is 28.2 Å². The number of carbonyl (C=O) groups is 1. The molecule has 8 nitrogen and oxygen atoms in total. The van der Waals surface area contributed by atoms with Crippen molar-refractivity contribution in [1.82, 2.24) is 20.3 Å². The van der Waals surface area contributed by atoms with Crippen LogP contribution in [-0.4, -0.2) is 52.5 Å². The summed E-state index contributed by atoms with van der Waals surface area (Å²) in [5.74, 6) is -0.0214. The summed E-state index contributed by atoms with van der Waals surface area (Å²) in [5, 5.41) is 3.23. The van der Waals surface area contributed by atoms with Crippen molar-refractivity contribution in [2.75, 3.05) is 13.2 Å². The average Bonchev–Trinajstić information content (AvgIpc) is 3.55. The number of hydrogen-bond acceptors (Lipinski definition) is 6. The molecule has 40 heavy (non-hydrogen) atoms. The van der Waals surface area contributed by atoms with Crippen LogP contribution >= 0.6 is 11.6 Å². The van der Waals surface area contributed by atoms with Crippen LogP contribution in [0.2, 0.25) is 5.15 Å². The first-order valence-electron chi connectivity index (χ1n) is 13.3. The molecule has 2 aromatic heterocycles. The number of alkyl carbamates (subject to hydrolysis) is 1. The Bertz CT molecular complexity index is 1570. The Hall–Kier alpha value is -3.66. The summed E-state index contributed by atoms with van der Waals surface area (Å²) in [6, 6.07) is 16.5. The van der Waals surface area contributed by atoms with Crippen molar-refractivity contribution < 1.29 is 18.8 Å². The molecule has 0 saturated carbocycles. The molecule has 2 N–H and O–H groups in total. The van der Waals surface area contributed by atoms with Crippen LogP contribution in [-0.2, 0) is 14.0 Å². The van der Waals surface area contributed by atoms with Gasteiger partial charge in [-0.25, -0.2) is 14.8 Å². The Morgan fingerprint density at radius 2 is 1.68 bits per heavy atom. The number of ether oxygens (including phenoxy) is 1. The number of benzene rings is 2. The lowest BCUT2D eigenvalue weighted by molar-refractivity contribution is 0.00578. The summed E-state index contributed by atoms with van der Waals surface area (Å²) >= 11 is 6.24. The Kier molecular flexibility index (Phi) is 6.69. The molecule has 2 aliphatic rings. The van der Waals surface area contributed by atoms with E-state index in [0.717, 1.165) is 16.7 Å². The summed E-state index contributed by atoms with van der Waals surface area (Å²) in [7, 11) is -0.679. The fourth-order valence-electron chi connectivity index (χ4n) is 5.26. The minimum atomic E-state index is -0.679. The van der Waals surface area contributed by atoms with Crippen molar-refractivity contribution in [2.45, 2.75) is 44.8 Å². The Balaban J connectivity index is 1.21. The number of hydrogen-bond donors (Lipinski definition) is 2. The first-order valence-corrected chi connectivity index (χ1v) is 13.6. The van der Waals surface area contributed by atoms with Gasteiger partial charge < -0.3 is 24.3 Å². The molecule has 6 rings (SSSR count). The highest BCUT2D eigenvalue weighted by atomic mass is 35.5. The third kappa shape index (κ3) is 4.68. The minimum absolute atomic E-state index is 0.0214. The fourth-order valence-corrected chi connectivity index (χ4v) is 5.45. The number of carbonyl (C=O) groups excluding carboxylic acids is 1. The van der Waals surface area contributed by atoms with E-state index < -0.39 is 24.4 Å². The number of rotatable bonds is 6. The van der Waals surface area contributed by atoms with Gasteiger partial charge in [0.05, 0.1) is 11.2 Å². The van der Waals surface area contributed by atoms with E-state index in [1.807, 2.05) is 58.0 Å². The van der Waals surface area contributed by atoms with Gasteiger partial charge in [-0.15, -0.1) is 0 Å². The van der Waals surface area contributed by atoms with Crippen molar-refractivity contribution in [1.29, 1.82) is 0 Å². The van der Waals surface area contributed by atoms with E-state index in [1.165, 1.54) is 17.5 Å². The van der Waals surface area contributed by atoms with Crippen LogP contribution in [0, 0.1) is 0 Å². The maximum Gasteiger partial charge on any atom is 0.492 e. The van der Waals surface area contributed by atoms with Crippen LogP contribution < -0.4 is 5.32 Å². The summed E-state index contributed by atoms with van der Waals surface area (Å²) in [6.45, 7) is 8.33. The molecule has 0 spiro atoms. The molecule has 1 aliphatic carbocycles. The molecule has 0 bridgehead atoms. The van der Waals surface area contributed by atoms with Gasteiger partial charge in [0.1, 0.15) is 24.0 Å². The first-order chi connectivity index (χ1) is 19.1. The van der Waals surface area contributed by atoms with Crippen molar-refractivity contribution in [3.05, 3.63) is 88.4 Å². The summed E-state index contributed by atoms with van der Waals surface area (Å²) < 4.78 is 18.4. The second-order valence-electron chi connectivity index (χ2n) is 11.1. The number of aromatic nitrogens is 3.